The van der Waals surface area contributed by atoms with E-state index in [1.54, 1.807) is 24.4 Å². The van der Waals surface area contributed by atoms with Gasteiger partial charge < -0.3 is 19.9 Å². The van der Waals surface area contributed by atoms with Gasteiger partial charge in [0.15, 0.2) is 0 Å². The maximum Gasteiger partial charge on any atom is 0.405 e. The molecule has 2 atom stereocenters. The number of aryl methyl sites for hydroxylation is 1. The molecule has 2 aromatic heterocycles. The van der Waals surface area contributed by atoms with E-state index in [-0.39, 0.29) is 17.8 Å². The van der Waals surface area contributed by atoms with Gasteiger partial charge in [-0.3, -0.25) is 0 Å². The SMILES string of the molecule is Cc1cc(-c2nnc(N=CC3CC(O)CC(O)C3)o2)nc2c(C(C)(C)C)cc(NCC(F)(F)F)cc12. The van der Waals surface area contributed by atoms with Gasteiger partial charge in [-0.05, 0) is 66.8 Å². The molecule has 1 aliphatic carbocycles. The first-order chi connectivity index (χ1) is 16.8. The molecule has 4 rings (SSSR count). The Hall–Kier alpha value is -3.05. The van der Waals surface area contributed by atoms with E-state index in [4.69, 9.17) is 9.40 Å². The molecule has 0 spiro atoms. The van der Waals surface area contributed by atoms with Crippen LogP contribution in [0, 0.1) is 12.8 Å². The van der Waals surface area contributed by atoms with Crippen LogP contribution in [-0.4, -0.2) is 56.5 Å². The van der Waals surface area contributed by atoms with Crippen molar-refractivity contribution in [3.8, 4) is 11.6 Å². The minimum atomic E-state index is -4.33. The molecule has 2 unspecified atom stereocenters. The largest absolute Gasteiger partial charge is 0.405 e. The van der Waals surface area contributed by atoms with E-state index in [9.17, 15) is 23.4 Å². The van der Waals surface area contributed by atoms with Crippen LogP contribution in [0.15, 0.2) is 27.6 Å². The summed E-state index contributed by atoms with van der Waals surface area (Å²) in [6.45, 7) is 6.63. The normalized spacial score (nSPS) is 21.4. The van der Waals surface area contributed by atoms with E-state index in [1.807, 2.05) is 27.7 Å². The van der Waals surface area contributed by atoms with Crippen LogP contribution < -0.4 is 5.32 Å². The highest BCUT2D eigenvalue weighted by molar-refractivity contribution is 5.90. The Morgan fingerprint density at radius 1 is 1.08 bits per heavy atom. The van der Waals surface area contributed by atoms with Crippen LogP contribution in [0.1, 0.15) is 51.2 Å². The molecule has 36 heavy (non-hydrogen) atoms. The fourth-order valence-corrected chi connectivity index (χ4v) is 4.44. The van der Waals surface area contributed by atoms with Gasteiger partial charge >= 0.3 is 12.2 Å². The van der Waals surface area contributed by atoms with Gasteiger partial charge in [0.2, 0.25) is 0 Å². The number of nitrogens with one attached hydrogen (secondary N) is 1. The molecule has 0 radical (unpaired) electrons. The molecule has 0 aliphatic heterocycles. The molecular weight excluding hydrogens is 475 g/mol. The van der Waals surface area contributed by atoms with Crippen LogP contribution in [0.2, 0.25) is 0 Å². The molecule has 3 aromatic rings. The maximum atomic E-state index is 12.8. The Morgan fingerprint density at radius 2 is 1.78 bits per heavy atom. The molecule has 2 heterocycles. The van der Waals surface area contributed by atoms with Gasteiger partial charge in [-0.2, -0.15) is 13.2 Å². The van der Waals surface area contributed by atoms with Gasteiger partial charge in [0.1, 0.15) is 12.2 Å². The average Bonchev–Trinajstić information content (AvgIpc) is 3.23. The Balaban J connectivity index is 1.66. The number of aliphatic hydroxyl groups is 2. The summed E-state index contributed by atoms with van der Waals surface area (Å²) in [7, 11) is 0. The molecule has 1 fully saturated rings. The molecule has 1 aromatic carbocycles. The summed E-state index contributed by atoms with van der Waals surface area (Å²) in [5, 5.41) is 30.9. The lowest BCUT2D eigenvalue weighted by Crippen LogP contribution is -2.30. The lowest BCUT2D eigenvalue weighted by molar-refractivity contribution is -0.115. The minimum Gasteiger partial charge on any atom is -0.400 e. The van der Waals surface area contributed by atoms with Gasteiger partial charge in [-0.15, -0.1) is 5.10 Å². The monoisotopic (exact) mass is 505 g/mol. The fourth-order valence-electron chi connectivity index (χ4n) is 4.44. The zero-order chi connectivity index (χ0) is 26.3. The molecule has 0 saturated heterocycles. The second-order valence-corrected chi connectivity index (χ2v) is 10.4. The van der Waals surface area contributed by atoms with Crippen LogP contribution in [0.4, 0.5) is 24.9 Å². The molecule has 1 saturated carbocycles. The summed E-state index contributed by atoms with van der Waals surface area (Å²) in [5.74, 6) is 0.0598. The number of halogens is 3. The van der Waals surface area contributed by atoms with Gasteiger partial charge in [0.05, 0.1) is 17.7 Å². The number of aromatic nitrogens is 3. The van der Waals surface area contributed by atoms with Crippen molar-refractivity contribution >= 4 is 28.8 Å². The number of alkyl halides is 3. The van der Waals surface area contributed by atoms with E-state index < -0.39 is 30.3 Å². The number of anilines is 1. The number of rotatable bonds is 5. The number of fused-ring (bicyclic) bond motifs is 1. The van der Waals surface area contributed by atoms with E-state index in [0.717, 1.165) is 16.5 Å². The first-order valence-electron chi connectivity index (χ1n) is 11.8. The molecule has 8 nitrogen and oxygen atoms in total. The lowest BCUT2D eigenvalue weighted by atomic mass is 9.84. The molecule has 194 valence electrons. The summed E-state index contributed by atoms with van der Waals surface area (Å²) in [4.78, 5) is 8.96. The zero-order valence-electron chi connectivity index (χ0n) is 20.6. The predicted molar refractivity (Wildman–Crippen MR) is 131 cm³/mol. The van der Waals surface area contributed by atoms with Crippen LogP contribution in [-0.2, 0) is 5.41 Å². The summed E-state index contributed by atoms with van der Waals surface area (Å²) < 4.78 is 44.0. The molecule has 11 heteroatoms. The highest BCUT2D eigenvalue weighted by Crippen LogP contribution is 2.36. The highest BCUT2D eigenvalue weighted by Gasteiger charge is 2.28. The number of nitrogens with zero attached hydrogens (tertiary/aromatic N) is 4. The predicted octanol–water partition coefficient (Wildman–Crippen LogP) is 5.09. The van der Waals surface area contributed by atoms with Crippen LogP contribution in [0.25, 0.3) is 22.5 Å². The first kappa shape index (κ1) is 26.0. The Bertz CT molecular complexity index is 1260. The van der Waals surface area contributed by atoms with Crippen molar-refractivity contribution in [2.24, 2.45) is 10.9 Å². The number of aliphatic hydroxyl groups excluding tert-OH is 2. The fraction of sp³-hybridized carbons (Fsp3) is 0.520. The zero-order valence-corrected chi connectivity index (χ0v) is 20.6. The quantitative estimate of drug-likeness (QED) is 0.414. The third-order valence-corrected chi connectivity index (χ3v) is 6.14. The van der Waals surface area contributed by atoms with E-state index in [0.29, 0.717) is 36.2 Å². The molecule has 1 aliphatic rings. The van der Waals surface area contributed by atoms with Gasteiger partial charge in [-0.25, -0.2) is 9.98 Å². The third kappa shape index (κ3) is 6.19. The van der Waals surface area contributed by atoms with Gasteiger partial charge in [-0.1, -0.05) is 25.9 Å². The van der Waals surface area contributed by atoms with E-state index in [2.05, 4.69) is 20.5 Å². The molecular formula is C25H30F3N5O3. The van der Waals surface area contributed by atoms with Crippen molar-refractivity contribution in [2.45, 2.75) is 70.8 Å². The number of pyridine rings is 1. The van der Waals surface area contributed by atoms with Crippen molar-refractivity contribution < 1.29 is 27.8 Å². The van der Waals surface area contributed by atoms with Crippen molar-refractivity contribution in [3.05, 3.63) is 29.3 Å². The van der Waals surface area contributed by atoms with E-state index in [1.165, 1.54) is 0 Å². The standard InChI is InChI=1S/C25H30F3N5O3/c1-13-5-20(22-32-33-23(36-22)29-11-14-6-16(34)10-17(35)7-14)31-21-18(13)8-15(30-12-25(26,27)28)9-19(21)24(2,3)4/h5,8-9,11,14,16-17,30,34-35H,6-7,10,12H2,1-4H3. The maximum absolute atomic E-state index is 12.8. The number of aliphatic imine (C=N–C) groups is 1. The average molecular weight is 506 g/mol. The Labute approximate surface area is 206 Å². The summed E-state index contributed by atoms with van der Waals surface area (Å²) in [6.07, 6.45) is -2.51. The molecule has 0 amide bonds. The first-order valence-corrected chi connectivity index (χ1v) is 11.8. The summed E-state index contributed by atoms with van der Waals surface area (Å²) in [5.41, 5.74) is 2.62. The van der Waals surface area contributed by atoms with E-state index >= 15 is 0 Å². The highest BCUT2D eigenvalue weighted by atomic mass is 19.4. The second kappa shape index (κ2) is 9.78. The molecule has 3 N–H and O–H groups in total. The number of hydrogen-bond donors (Lipinski definition) is 3. The summed E-state index contributed by atoms with van der Waals surface area (Å²) >= 11 is 0. The lowest BCUT2D eigenvalue weighted by Gasteiger charge is -2.26. The smallest absolute Gasteiger partial charge is 0.400 e. The topological polar surface area (TPSA) is 117 Å². The van der Waals surface area contributed by atoms with Gasteiger partial charge in [0.25, 0.3) is 5.89 Å². The second-order valence-electron chi connectivity index (χ2n) is 10.4. The number of hydrogen-bond acceptors (Lipinski definition) is 8. The van der Waals surface area contributed by atoms with Crippen LogP contribution >= 0.6 is 0 Å². The molecule has 0 bridgehead atoms. The van der Waals surface area contributed by atoms with Crippen molar-refractivity contribution in [1.82, 2.24) is 15.2 Å². The Kier molecular flexibility index (Phi) is 7.07. The van der Waals surface area contributed by atoms with Crippen LogP contribution in [0.5, 0.6) is 0 Å². The minimum absolute atomic E-state index is 0.0295. The van der Waals surface area contributed by atoms with Crippen LogP contribution in [0.3, 0.4) is 0 Å². The number of benzene rings is 1. The van der Waals surface area contributed by atoms with Gasteiger partial charge in [0, 0.05) is 17.3 Å². The van der Waals surface area contributed by atoms with Crippen molar-refractivity contribution in [2.75, 3.05) is 11.9 Å². The van der Waals surface area contributed by atoms with Crippen molar-refractivity contribution in [3.63, 3.8) is 0 Å². The third-order valence-electron chi connectivity index (χ3n) is 6.14. The summed E-state index contributed by atoms with van der Waals surface area (Å²) in [6, 6.07) is 5.14. The van der Waals surface area contributed by atoms with Crippen molar-refractivity contribution in [1.29, 1.82) is 0 Å². The Morgan fingerprint density at radius 3 is 2.42 bits per heavy atom.